The zero-order chi connectivity index (χ0) is 13.7. The van der Waals surface area contributed by atoms with E-state index in [4.69, 9.17) is 4.52 Å². The van der Waals surface area contributed by atoms with Crippen LogP contribution >= 0.6 is 0 Å². The second-order valence-corrected chi connectivity index (χ2v) is 4.08. The summed E-state index contributed by atoms with van der Waals surface area (Å²) in [5.41, 5.74) is 0.750. The molecule has 100 valence electrons. The molecule has 0 aliphatic heterocycles. The largest absolute Gasteiger partial charge is 0.387 e. The number of nitrogens with one attached hydrogen (secondary N) is 2. The monoisotopic (exact) mass is 261 g/mol. The van der Waals surface area contributed by atoms with Crippen LogP contribution in [0.25, 0.3) is 0 Å². The van der Waals surface area contributed by atoms with E-state index in [2.05, 4.69) is 15.8 Å². The van der Waals surface area contributed by atoms with Gasteiger partial charge in [0.25, 0.3) is 0 Å². The average Bonchev–Trinajstić information content (AvgIpc) is 2.82. The minimum Gasteiger partial charge on any atom is -0.387 e. The molecule has 0 aliphatic carbocycles. The van der Waals surface area contributed by atoms with E-state index < -0.39 is 12.1 Å². The van der Waals surface area contributed by atoms with Crippen molar-refractivity contribution in [2.24, 2.45) is 0 Å². The highest BCUT2D eigenvalue weighted by atomic mass is 16.5. The van der Waals surface area contributed by atoms with Crippen LogP contribution in [0, 0.1) is 6.92 Å². The molecule has 2 amide bonds. The SMILES string of the molecule is Cc1cc(NC(=O)NCC(O)c2ccccc2)no1. The van der Waals surface area contributed by atoms with Crippen LogP contribution < -0.4 is 10.6 Å². The van der Waals surface area contributed by atoms with Crippen molar-refractivity contribution in [3.8, 4) is 0 Å². The number of carbonyl (C=O) groups is 1. The van der Waals surface area contributed by atoms with Gasteiger partial charge in [0.1, 0.15) is 5.76 Å². The summed E-state index contributed by atoms with van der Waals surface area (Å²) in [4.78, 5) is 11.5. The average molecular weight is 261 g/mol. The van der Waals surface area contributed by atoms with Crippen molar-refractivity contribution in [2.45, 2.75) is 13.0 Å². The third-order valence-corrected chi connectivity index (χ3v) is 2.51. The Balaban J connectivity index is 1.80. The Morgan fingerprint density at radius 3 is 2.79 bits per heavy atom. The minimum absolute atomic E-state index is 0.118. The van der Waals surface area contributed by atoms with Crippen molar-refractivity contribution in [1.29, 1.82) is 0 Å². The van der Waals surface area contributed by atoms with Crippen LogP contribution in [0.15, 0.2) is 40.9 Å². The maximum absolute atomic E-state index is 11.5. The highest BCUT2D eigenvalue weighted by Crippen LogP contribution is 2.11. The van der Waals surface area contributed by atoms with Crippen LogP contribution in [0.4, 0.5) is 10.6 Å². The lowest BCUT2D eigenvalue weighted by molar-refractivity contribution is 0.175. The fourth-order valence-electron chi connectivity index (χ4n) is 1.57. The lowest BCUT2D eigenvalue weighted by Gasteiger charge is -2.11. The molecule has 1 aromatic carbocycles. The summed E-state index contributed by atoms with van der Waals surface area (Å²) >= 11 is 0. The van der Waals surface area contributed by atoms with E-state index in [-0.39, 0.29) is 6.54 Å². The van der Waals surface area contributed by atoms with Gasteiger partial charge < -0.3 is 14.9 Å². The van der Waals surface area contributed by atoms with E-state index in [0.29, 0.717) is 11.6 Å². The van der Waals surface area contributed by atoms with Gasteiger partial charge in [-0.25, -0.2) is 4.79 Å². The molecule has 6 nitrogen and oxygen atoms in total. The van der Waals surface area contributed by atoms with Crippen molar-refractivity contribution < 1.29 is 14.4 Å². The molecule has 0 aliphatic rings. The number of nitrogens with zero attached hydrogens (tertiary/aromatic N) is 1. The molecule has 0 spiro atoms. The maximum Gasteiger partial charge on any atom is 0.320 e. The topological polar surface area (TPSA) is 87.4 Å². The summed E-state index contributed by atoms with van der Waals surface area (Å²) in [5.74, 6) is 0.948. The lowest BCUT2D eigenvalue weighted by atomic mass is 10.1. The standard InChI is InChI=1S/C13H15N3O3/c1-9-7-12(16-19-9)15-13(18)14-8-11(17)10-5-3-2-4-6-10/h2-7,11,17H,8H2,1H3,(H2,14,15,16,18). The van der Waals surface area contributed by atoms with Crippen molar-refractivity contribution in [2.75, 3.05) is 11.9 Å². The molecule has 1 unspecified atom stereocenters. The van der Waals surface area contributed by atoms with Gasteiger partial charge in [-0.1, -0.05) is 35.5 Å². The Hall–Kier alpha value is -2.34. The van der Waals surface area contributed by atoms with Gasteiger partial charge in [-0.05, 0) is 12.5 Å². The van der Waals surface area contributed by atoms with Crippen molar-refractivity contribution in [3.63, 3.8) is 0 Å². The van der Waals surface area contributed by atoms with E-state index in [0.717, 1.165) is 5.56 Å². The van der Waals surface area contributed by atoms with Gasteiger partial charge in [-0.2, -0.15) is 0 Å². The molecule has 1 heterocycles. The number of hydrogen-bond donors (Lipinski definition) is 3. The molecule has 2 aromatic rings. The summed E-state index contributed by atoms with van der Waals surface area (Å²) in [6, 6.07) is 10.3. The molecule has 3 N–H and O–H groups in total. The normalized spacial score (nSPS) is 11.9. The Kier molecular flexibility index (Phi) is 4.15. The lowest BCUT2D eigenvalue weighted by Crippen LogP contribution is -2.32. The number of hydrogen-bond acceptors (Lipinski definition) is 4. The number of urea groups is 1. The van der Waals surface area contributed by atoms with Crippen LogP contribution in [-0.2, 0) is 0 Å². The summed E-state index contributed by atoms with van der Waals surface area (Å²) in [6.07, 6.45) is -0.744. The first-order chi connectivity index (χ1) is 9.15. The molecule has 19 heavy (non-hydrogen) atoms. The minimum atomic E-state index is -0.744. The third kappa shape index (κ3) is 3.82. The molecule has 1 aromatic heterocycles. The fraction of sp³-hybridized carbons (Fsp3) is 0.231. The zero-order valence-electron chi connectivity index (χ0n) is 10.5. The number of anilines is 1. The number of amides is 2. The molecule has 0 bridgehead atoms. The highest BCUT2D eigenvalue weighted by molar-refractivity contribution is 5.88. The fourth-order valence-corrected chi connectivity index (χ4v) is 1.57. The molecule has 0 saturated carbocycles. The quantitative estimate of drug-likeness (QED) is 0.783. The molecule has 0 fully saturated rings. The first kappa shape index (κ1) is 13.1. The van der Waals surface area contributed by atoms with Crippen LogP contribution in [-0.4, -0.2) is 22.8 Å². The van der Waals surface area contributed by atoms with Crippen molar-refractivity contribution in [1.82, 2.24) is 10.5 Å². The molecule has 2 rings (SSSR count). The number of aryl methyl sites for hydroxylation is 1. The van der Waals surface area contributed by atoms with Gasteiger partial charge in [0.05, 0.1) is 6.10 Å². The number of rotatable bonds is 4. The van der Waals surface area contributed by atoms with E-state index in [1.54, 1.807) is 25.1 Å². The predicted molar refractivity (Wildman–Crippen MR) is 69.7 cm³/mol. The van der Waals surface area contributed by atoms with E-state index in [1.807, 2.05) is 18.2 Å². The summed E-state index contributed by atoms with van der Waals surface area (Å²) in [6.45, 7) is 1.85. The van der Waals surface area contributed by atoms with Crippen LogP contribution in [0.2, 0.25) is 0 Å². The molecular formula is C13H15N3O3. The van der Waals surface area contributed by atoms with Gasteiger partial charge >= 0.3 is 6.03 Å². The van der Waals surface area contributed by atoms with E-state index in [9.17, 15) is 9.90 Å². The number of benzene rings is 1. The Morgan fingerprint density at radius 2 is 2.16 bits per heavy atom. The van der Waals surface area contributed by atoms with Crippen molar-refractivity contribution in [3.05, 3.63) is 47.7 Å². The van der Waals surface area contributed by atoms with Gasteiger partial charge in [0.2, 0.25) is 0 Å². The van der Waals surface area contributed by atoms with Gasteiger partial charge in [0.15, 0.2) is 5.82 Å². The number of aromatic nitrogens is 1. The summed E-state index contributed by atoms with van der Waals surface area (Å²) in [5, 5.41) is 18.6. The summed E-state index contributed by atoms with van der Waals surface area (Å²) in [7, 11) is 0. The Bertz CT molecular complexity index is 539. The van der Waals surface area contributed by atoms with E-state index >= 15 is 0 Å². The maximum atomic E-state index is 11.5. The number of carbonyl (C=O) groups excluding carboxylic acids is 1. The number of aliphatic hydroxyl groups excluding tert-OH is 1. The van der Waals surface area contributed by atoms with Gasteiger partial charge in [-0.3, -0.25) is 5.32 Å². The molecule has 1 atom stereocenters. The Labute approximate surface area is 110 Å². The molecule has 0 radical (unpaired) electrons. The van der Waals surface area contributed by atoms with Crippen LogP contribution in [0.5, 0.6) is 0 Å². The van der Waals surface area contributed by atoms with Crippen LogP contribution in [0.3, 0.4) is 0 Å². The zero-order valence-corrected chi connectivity index (χ0v) is 10.5. The van der Waals surface area contributed by atoms with Crippen molar-refractivity contribution >= 4 is 11.8 Å². The molecule has 6 heteroatoms. The third-order valence-electron chi connectivity index (χ3n) is 2.51. The van der Waals surface area contributed by atoms with Gasteiger partial charge in [0, 0.05) is 12.6 Å². The molecule has 0 saturated heterocycles. The summed E-state index contributed by atoms with van der Waals surface area (Å²) < 4.78 is 4.82. The first-order valence-electron chi connectivity index (χ1n) is 5.86. The van der Waals surface area contributed by atoms with E-state index in [1.165, 1.54) is 0 Å². The predicted octanol–water partition coefficient (Wildman–Crippen LogP) is 1.84. The smallest absolute Gasteiger partial charge is 0.320 e. The van der Waals surface area contributed by atoms with Gasteiger partial charge in [-0.15, -0.1) is 0 Å². The Morgan fingerprint density at radius 1 is 1.42 bits per heavy atom. The first-order valence-corrected chi connectivity index (χ1v) is 5.86. The second-order valence-electron chi connectivity index (χ2n) is 4.08. The second kappa shape index (κ2) is 6.01. The highest BCUT2D eigenvalue weighted by Gasteiger charge is 2.10. The number of aliphatic hydroxyl groups is 1. The molecular weight excluding hydrogens is 246 g/mol. The van der Waals surface area contributed by atoms with Crippen LogP contribution in [0.1, 0.15) is 17.4 Å².